The third-order valence-electron chi connectivity index (χ3n) is 5.06. The third kappa shape index (κ3) is 5.26. The quantitative estimate of drug-likeness (QED) is 0.449. The van der Waals surface area contributed by atoms with Crippen LogP contribution in [0.2, 0.25) is 0 Å². The molecule has 0 spiro atoms. The molecule has 9 nitrogen and oxygen atoms in total. The van der Waals surface area contributed by atoms with Gasteiger partial charge in [0.15, 0.2) is 0 Å². The van der Waals surface area contributed by atoms with Crippen molar-refractivity contribution in [1.82, 2.24) is 20.7 Å². The van der Waals surface area contributed by atoms with Gasteiger partial charge < -0.3 is 20.4 Å². The van der Waals surface area contributed by atoms with Crippen molar-refractivity contribution in [2.45, 2.75) is 30.2 Å². The van der Waals surface area contributed by atoms with Crippen LogP contribution in [0, 0.1) is 6.92 Å². The topological polar surface area (TPSA) is 130 Å². The molecule has 2 amide bonds. The summed E-state index contributed by atoms with van der Waals surface area (Å²) in [5.74, 6) is -0.726. The molecule has 1 aliphatic rings. The van der Waals surface area contributed by atoms with Gasteiger partial charge in [0.25, 0.3) is 5.91 Å². The smallest absolute Gasteiger partial charge is 0.255 e. The lowest BCUT2D eigenvalue weighted by atomic mass is 9.87. The highest BCUT2D eigenvalue weighted by molar-refractivity contribution is 7.89. The van der Waals surface area contributed by atoms with Gasteiger partial charge in [-0.1, -0.05) is 17.7 Å². The lowest BCUT2D eigenvalue weighted by Crippen LogP contribution is -2.63. The molecule has 10 heteroatoms. The first-order chi connectivity index (χ1) is 14.3. The zero-order valence-electron chi connectivity index (χ0n) is 16.7. The predicted molar refractivity (Wildman–Crippen MR) is 110 cm³/mol. The first-order valence-electron chi connectivity index (χ1n) is 9.72. The predicted octanol–water partition coefficient (Wildman–Crippen LogP) is 0.535. The molecule has 162 valence electrons. The van der Waals surface area contributed by atoms with E-state index in [1.54, 1.807) is 12.1 Å². The van der Waals surface area contributed by atoms with Gasteiger partial charge in [0, 0.05) is 13.1 Å². The molecule has 0 radical (unpaired) electrons. The number of aryl methyl sites for hydroxylation is 1. The molecular formula is C20H26N4O5S. The summed E-state index contributed by atoms with van der Waals surface area (Å²) < 4.78 is 32.1. The van der Waals surface area contributed by atoms with E-state index in [0.29, 0.717) is 31.5 Å². The maximum atomic E-state index is 12.9. The molecule has 1 aromatic carbocycles. The summed E-state index contributed by atoms with van der Waals surface area (Å²) in [6, 6.07) is 8.04. The van der Waals surface area contributed by atoms with E-state index in [1.165, 1.54) is 30.7 Å². The van der Waals surface area contributed by atoms with Crippen LogP contribution >= 0.6 is 0 Å². The van der Waals surface area contributed by atoms with E-state index in [2.05, 4.69) is 20.7 Å². The van der Waals surface area contributed by atoms with Crippen molar-refractivity contribution >= 4 is 21.8 Å². The summed E-state index contributed by atoms with van der Waals surface area (Å²) >= 11 is 0. The van der Waals surface area contributed by atoms with E-state index in [-0.39, 0.29) is 29.8 Å². The average Bonchev–Trinajstić information content (AvgIpc) is 3.27. The molecule has 1 saturated heterocycles. The Labute approximate surface area is 175 Å². The van der Waals surface area contributed by atoms with Gasteiger partial charge in [-0.3, -0.25) is 9.59 Å². The van der Waals surface area contributed by atoms with Gasteiger partial charge in [-0.2, -0.15) is 0 Å². The number of carbonyl (C=O) groups excluding carboxylic acids is 2. The molecule has 30 heavy (non-hydrogen) atoms. The lowest BCUT2D eigenvalue weighted by molar-refractivity contribution is -0.128. The van der Waals surface area contributed by atoms with E-state index >= 15 is 0 Å². The van der Waals surface area contributed by atoms with Crippen LogP contribution in [0.1, 0.15) is 28.8 Å². The van der Waals surface area contributed by atoms with Crippen LogP contribution < -0.4 is 20.7 Å². The molecule has 0 aliphatic carbocycles. The minimum Gasteiger partial charge on any atom is -0.472 e. The van der Waals surface area contributed by atoms with Crippen LogP contribution in [0.25, 0.3) is 0 Å². The summed E-state index contributed by atoms with van der Waals surface area (Å²) in [5.41, 5.74) is 0.243. The Kier molecular flexibility index (Phi) is 6.91. The zero-order chi connectivity index (χ0) is 21.6. The molecule has 2 aromatic rings. The van der Waals surface area contributed by atoms with Crippen LogP contribution in [-0.2, 0) is 14.8 Å². The summed E-state index contributed by atoms with van der Waals surface area (Å²) in [7, 11) is -3.66. The number of sulfonamides is 1. The number of rotatable bonds is 8. The number of amides is 2. The number of piperidine rings is 1. The lowest BCUT2D eigenvalue weighted by Gasteiger charge is -2.36. The van der Waals surface area contributed by atoms with Crippen molar-refractivity contribution in [3.8, 4) is 0 Å². The minimum atomic E-state index is -3.66. The Bertz CT molecular complexity index is 965. The fraction of sp³-hybridized carbons (Fsp3) is 0.400. The molecule has 2 heterocycles. The maximum absolute atomic E-state index is 12.9. The van der Waals surface area contributed by atoms with E-state index in [0.717, 1.165) is 5.56 Å². The van der Waals surface area contributed by atoms with E-state index in [1.807, 2.05) is 6.92 Å². The van der Waals surface area contributed by atoms with Crippen molar-refractivity contribution in [1.29, 1.82) is 0 Å². The monoisotopic (exact) mass is 434 g/mol. The fourth-order valence-corrected chi connectivity index (χ4v) is 4.31. The number of nitrogens with one attached hydrogen (secondary N) is 4. The molecule has 3 rings (SSSR count). The number of hydrogen-bond acceptors (Lipinski definition) is 6. The van der Waals surface area contributed by atoms with Gasteiger partial charge >= 0.3 is 0 Å². The van der Waals surface area contributed by atoms with E-state index in [9.17, 15) is 18.0 Å². The second-order valence-corrected chi connectivity index (χ2v) is 9.03. The third-order valence-corrected chi connectivity index (χ3v) is 6.54. The van der Waals surface area contributed by atoms with Crippen LogP contribution in [-0.4, -0.2) is 52.0 Å². The second-order valence-electron chi connectivity index (χ2n) is 7.26. The first kappa shape index (κ1) is 22.0. The standard InChI is InChI=1S/C20H26N4O5S/c1-15-2-4-17(5-3-15)30(27,28)23-12-11-22-19(26)20(7-9-21-10-8-20)24-18(25)16-6-13-29-14-16/h2-6,13-14,21,23H,7-12H2,1H3,(H,22,26)(H,24,25). The Hall–Kier alpha value is -2.69. The van der Waals surface area contributed by atoms with Gasteiger partial charge in [0.05, 0.1) is 16.7 Å². The molecular weight excluding hydrogens is 408 g/mol. The Morgan fingerprint density at radius 1 is 1.10 bits per heavy atom. The second kappa shape index (κ2) is 9.41. The highest BCUT2D eigenvalue weighted by Crippen LogP contribution is 2.20. The van der Waals surface area contributed by atoms with Crippen LogP contribution in [0.3, 0.4) is 0 Å². The normalized spacial score (nSPS) is 16.0. The van der Waals surface area contributed by atoms with Crippen molar-refractivity contribution in [3.63, 3.8) is 0 Å². The SMILES string of the molecule is Cc1ccc(S(=O)(=O)NCCNC(=O)C2(NC(=O)c3ccoc3)CCNCC2)cc1. The summed E-state index contributed by atoms with van der Waals surface area (Å²) in [6.07, 6.45) is 3.57. The first-order valence-corrected chi connectivity index (χ1v) is 11.2. The van der Waals surface area contributed by atoms with Crippen molar-refractivity contribution in [2.75, 3.05) is 26.2 Å². The van der Waals surface area contributed by atoms with Crippen molar-refractivity contribution in [3.05, 3.63) is 54.0 Å². The highest BCUT2D eigenvalue weighted by Gasteiger charge is 2.41. The van der Waals surface area contributed by atoms with Crippen molar-refractivity contribution < 1.29 is 22.4 Å². The fourth-order valence-electron chi connectivity index (χ4n) is 3.28. The van der Waals surface area contributed by atoms with E-state index < -0.39 is 15.6 Å². The largest absolute Gasteiger partial charge is 0.472 e. The molecule has 4 N–H and O–H groups in total. The number of benzene rings is 1. The molecule has 1 aromatic heterocycles. The number of carbonyl (C=O) groups is 2. The summed E-state index contributed by atoms with van der Waals surface area (Å²) in [6.45, 7) is 3.17. The molecule has 1 fully saturated rings. The minimum absolute atomic E-state index is 0.0337. The van der Waals surface area contributed by atoms with E-state index in [4.69, 9.17) is 4.42 Å². The zero-order valence-corrected chi connectivity index (χ0v) is 17.6. The summed E-state index contributed by atoms with van der Waals surface area (Å²) in [5, 5.41) is 8.75. The van der Waals surface area contributed by atoms with Gasteiger partial charge in [0.1, 0.15) is 11.8 Å². The van der Waals surface area contributed by atoms with Crippen LogP contribution in [0.5, 0.6) is 0 Å². The maximum Gasteiger partial charge on any atom is 0.255 e. The van der Waals surface area contributed by atoms with Gasteiger partial charge in [-0.15, -0.1) is 0 Å². The Balaban J connectivity index is 1.57. The Morgan fingerprint density at radius 3 is 2.43 bits per heavy atom. The highest BCUT2D eigenvalue weighted by atomic mass is 32.2. The molecule has 0 atom stereocenters. The number of furan rings is 1. The number of hydrogen-bond donors (Lipinski definition) is 4. The van der Waals surface area contributed by atoms with Crippen molar-refractivity contribution in [2.24, 2.45) is 0 Å². The molecule has 0 unspecified atom stereocenters. The molecule has 1 aliphatic heterocycles. The average molecular weight is 435 g/mol. The summed E-state index contributed by atoms with van der Waals surface area (Å²) in [4.78, 5) is 25.5. The van der Waals surface area contributed by atoms with Gasteiger partial charge in [0.2, 0.25) is 15.9 Å². The van der Waals surface area contributed by atoms with Gasteiger partial charge in [-0.25, -0.2) is 13.1 Å². The Morgan fingerprint density at radius 2 is 1.80 bits per heavy atom. The molecule has 0 bridgehead atoms. The van der Waals surface area contributed by atoms with Crippen LogP contribution in [0.4, 0.5) is 0 Å². The molecule has 0 saturated carbocycles. The van der Waals surface area contributed by atoms with Crippen LogP contribution in [0.15, 0.2) is 52.2 Å². The van der Waals surface area contributed by atoms with Gasteiger partial charge in [-0.05, 0) is 51.1 Å².